The lowest BCUT2D eigenvalue weighted by Crippen LogP contribution is -2.11. The maximum atomic E-state index is 12.7. The summed E-state index contributed by atoms with van der Waals surface area (Å²) in [4.78, 5) is 4.61. The lowest BCUT2D eigenvalue weighted by Gasteiger charge is -2.12. The lowest BCUT2D eigenvalue weighted by molar-refractivity contribution is 0.0340. The molecule has 0 saturated carbocycles. The van der Waals surface area contributed by atoms with Gasteiger partial charge in [0, 0.05) is 13.0 Å². The molecule has 0 spiro atoms. The molecular formula is C9H12FNO2. The van der Waals surface area contributed by atoms with E-state index in [0.717, 1.165) is 0 Å². The quantitative estimate of drug-likeness (QED) is 0.691. The predicted molar refractivity (Wildman–Crippen MR) is 46.1 cm³/mol. The van der Waals surface area contributed by atoms with E-state index in [4.69, 9.17) is 11.0 Å². The Morgan fingerprint density at radius 3 is 2.85 bits per heavy atom. The van der Waals surface area contributed by atoms with Gasteiger partial charge in [-0.05, 0) is 17.7 Å². The van der Waals surface area contributed by atoms with Gasteiger partial charge in [-0.15, -0.1) is 0 Å². The van der Waals surface area contributed by atoms with E-state index in [1.165, 1.54) is 12.1 Å². The monoisotopic (exact) mass is 185 g/mol. The first-order valence-electron chi connectivity index (χ1n) is 3.99. The smallest absolute Gasteiger partial charge is 0.123 e. The molecule has 0 aliphatic carbocycles. The topological polar surface area (TPSA) is 55.5 Å². The fourth-order valence-electron chi connectivity index (χ4n) is 1.14. The third kappa shape index (κ3) is 2.77. The zero-order chi connectivity index (χ0) is 9.68. The minimum absolute atomic E-state index is 0.0433. The first-order valence-corrected chi connectivity index (χ1v) is 3.99. The van der Waals surface area contributed by atoms with Crippen molar-refractivity contribution in [1.82, 2.24) is 0 Å². The largest absolute Gasteiger partial charge is 0.396 e. The summed E-state index contributed by atoms with van der Waals surface area (Å²) in [6.07, 6.45) is -0.0827. The number of aliphatic hydroxyl groups excluding tert-OH is 1. The summed E-state index contributed by atoms with van der Waals surface area (Å²) in [5.74, 6) is 4.67. The normalized spacial score (nSPS) is 12.8. The van der Waals surface area contributed by atoms with Crippen LogP contribution >= 0.6 is 0 Å². The van der Waals surface area contributed by atoms with Crippen LogP contribution in [0.1, 0.15) is 18.1 Å². The Morgan fingerprint density at radius 1 is 1.54 bits per heavy atom. The molecule has 1 atom stereocenters. The summed E-state index contributed by atoms with van der Waals surface area (Å²) in [7, 11) is 0. The van der Waals surface area contributed by atoms with E-state index in [-0.39, 0.29) is 12.4 Å². The van der Waals surface area contributed by atoms with E-state index in [1.54, 1.807) is 12.1 Å². The molecule has 0 saturated heterocycles. The summed E-state index contributed by atoms with van der Waals surface area (Å²) >= 11 is 0. The van der Waals surface area contributed by atoms with Crippen molar-refractivity contribution in [3.8, 4) is 0 Å². The molecular weight excluding hydrogens is 173 g/mol. The van der Waals surface area contributed by atoms with Gasteiger partial charge in [-0.25, -0.2) is 10.3 Å². The van der Waals surface area contributed by atoms with Gasteiger partial charge in [-0.2, -0.15) is 0 Å². The van der Waals surface area contributed by atoms with Gasteiger partial charge < -0.3 is 5.11 Å². The summed E-state index contributed by atoms with van der Waals surface area (Å²) < 4.78 is 12.7. The minimum Gasteiger partial charge on any atom is -0.396 e. The molecule has 3 nitrogen and oxygen atoms in total. The SMILES string of the molecule is NOC(CCO)c1cccc(F)c1. The molecule has 1 unspecified atom stereocenters. The van der Waals surface area contributed by atoms with Gasteiger partial charge in [0.25, 0.3) is 0 Å². The number of hydrogen-bond donors (Lipinski definition) is 2. The molecule has 13 heavy (non-hydrogen) atoms. The fourth-order valence-corrected chi connectivity index (χ4v) is 1.14. The Hall–Kier alpha value is -0.970. The van der Waals surface area contributed by atoms with Crippen molar-refractivity contribution >= 4 is 0 Å². The number of halogens is 1. The maximum Gasteiger partial charge on any atom is 0.123 e. The van der Waals surface area contributed by atoms with E-state index in [1.807, 2.05) is 0 Å². The number of aliphatic hydroxyl groups is 1. The van der Waals surface area contributed by atoms with Crippen LogP contribution < -0.4 is 5.90 Å². The second-order valence-electron chi connectivity index (χ2n) is 2.69. The molecule has 0 heterocycles. The molecule has 0 fully saturated rings. The van der Waals surface area contributed by atoms with E-state index in [0.29, 0.717) is 12.0 Å². The third-order valence-electron chi connectivity index (χ3n) is 1.78. The van der Waals surface area contributed by atoms with Crippen molar-refractivity contribution in [2.75, 3.05) is 6.61 Å². The molecule has 0 aliphatic heterocycles. The number of benzene rings is 1. The highest BCUT2D eigenvalue weighted by molar-refractivity contribution is 5.18. The first kappa shape index (κ1) is 10.1. The minimum atomic E-state index is -0.444. The molecule has 0 radical (unpaired) electrons. The van der Waals surface area contributed by atoms with Gasteiger partial charge in [-0.3, -0.25) is 4.84 Å². The number of rotatable bonds is 4. The zero-order valence-corrected chi connectivity index (χ0v) is 7.11. The molecule has 1 aromatic carbocycles. The van der Waals surface area contributed by atoms with Crippen LogP contribution in [0.4, 0.5) is 4.39 Å². The van der Waals surface area contributed by atoms with Crippen LogP contribution in [0.3, 0.4) is 0 Å². The van der Waals surface area contributed by atoms with Crippen LogP contribution in [0.5, 0.6) is 0 Å². The number of hydrogen-bond acceptors (Lipinski definition) is 3. The number of nitrogens with two attached hydrogens (primary N) is 1. The highest BCUT2D eigenvalue weighted by atomic mass is 19.1. The van der Waals surface area contributed by atoms with Gasteiger partial charge >= 0.3 is 0 Å². The average Bonchev–Trinajstić information content (AvgIpc) is 2.14. The van der Waals surface area contributed by atoms with Crippen LogP contribution in [0.25, 0.3) is 0 Å². The molecule has 1 rings (SSSR count). The van der Waals surface area contributed by atoms with Crippen LogP contribution in [-0.2, 0) is 4.84 Å². The van der Waals surface area contributed by atoms with Crippen molar-refractivity contribution in [1.29, 1.82) is 0 Å². The average molecular weight is 185 g/mol. The van der Waals surface area contributed by atoms with E-state index >= 15 is 0 Å². The van der Waals surface area contributed by atoms with Crippen molar-refractivity contribution in [3.63, 3.8) is 0 Å². The van der Waals surface area contributed by atoms with Gasteiger partial charge in [0.1, 0.15) is 11.9 Å². The Morgan fingerprint density at radius 2 is 2.31 bits per heavy atom. The van der Waals surface area contributed by atoms with Crippen LogP contribution in [0, 0.1) is 5.82 Å². The molecule has 4 heteroatoms. The second-order valence-corrected chi connectivity index (χ2v) is 2.69. The highest BCUT2D eigenvalue weighted by Crippen LogP contribution is 2.19. The van der Waals surface area contributed by atoms with E-state index < -0.39 is 6.10 Å². The predicted octanol–water partition coefficient (Wildman–Crippen LogP) is 1.14. The molecule has 0 amide bonds. The summed E-state index contributed by atoms with van der Waals surface area (Å²) in [6.45, 7) is -0.0433. The Bertz CT molecular complexity index is 268. The van der Waals surface area contributed by atoms with Gasteiger partial charge in [0.2, 0.25) is 0 Å². The van der Waals surface area contributed by atoms with Crippen LogP contribution in [-0.4, -0.2) is 11.7 Å². The van der Waals surface area contributed by atoms with Crippen molar-refractivity contribution < 1.29 is 14.3 Å². The van der Waals surface area contributed by atoms with Gasteiger partial charge in [-0.1, -0.05) is 12.1 Å². The second kappa shape index (κ2) is 4.91. The Kier molecular flexibility index (Phi) is 3.82. The fraction of sp³-hybridized carbons (Fsp3) is 0.333. The molecule has 0 bridgehead atoms. The zero-order valence-electron chi connectivity index (χ0n) is 7.11. The molecule has 1 aromatic rings. The standard InChI is InChI=1S/C9H12FNO2/c10-8-3-1-2-7(6-8)9(13-11)4-5-12/h1-3,6,9,12H,4-5,11H2. The van der Waals surface area contributed by atoms with Gasteiger partial charge in [0.15, 0.2) is 0 Å². The van der Waals surface area contributed by atoms with Gasteiger partial charge in [0.05, 0.1) is 0 Å². The van der Waals surface area contributed by atoms with Crippen LogP contribution in [0.2, 0.25) is 0 Å². The first-order chi connectivity index (χ1) is 6.27. The lowest BCUT2D eigenvalue weighted by atomic mass is 10.1. The Balaban J connectivity index is 2.78. The van der Waals surface area contributed by atoms with Crippen molar-refractivity contribution in [2.24, 2.45) is 5.90 Å². The van der Waals surface area contributed by atoms with E-state index in [2.05, 4.69) is 4.84 Å². The molecule has 3 N–H and O–H groups in total. The molecule has 0 aliphatic rings. The highest BCUT2D eigenvalue weighted by Gasteiger charge is 2.10. The van der Waals surface area contributed by atoms with Crippen molar-refractivity contribution in [2.45, 2.75) is 12.5 Å². The molecule has 72 valence electrons. The van der Waals surface area contributed by atoms with Crippen LogP contribution in [0.15, 0.2) is 24.3 Å². The summed E-state index contributed by atoms with van der Waals surface area (Å²) in [6, 6.07) is 5.97. The Labute approximate surface area is 75.9 Å². The van der Waals surface area contributed by atoms with Crippen molar-refractivity contribution in [3.05, 3.63) is 35.6 Å². The summed E-state index contributed by atoms with van der Waals surface area (Å²) in [5.41, 5.74) is 0.636. The van der Waals surface area contributed by atoms with E-state index in [9.17, 15) is 4.39 Å². The summed E-state index contributed by atoms with van der Waals surface area (Å²) in [5, 5.41) is 8.67. The maximum absolute atomic E-state index is 12.7. The third-order valence-corrected chi connectivity index (χ3v) is 1.78. The molecule has 0 aromatic heterocycles.